The van der Waals surface area contributed by atoms with Crippen molar-refractivity contribution in [3.05, 3.63) is 0 Å². The summed E-state index contributed by atoms with van der Waals surface area (Å²) in [7, 11) is 0. The van der Waals surface area contributed by atoms with Crippen LogP contribution in [0.25, 0.3) is 0 Å². The van der Waals surface area contributed by atoms with Crippen LogP contribution >= 0.6 is 0 Å². The van der Waals surface area contributed by atoms with Crippen LogP contribution in [-0.4, -0.2) is 32.5 Å². The Bertz CT molecular complexity index is 128. The SMILES string of the molecule is CCOCCCNCCCC(F)(F)F. The van der Waals surface area contributed by atoms with Gasteiger partial charge in [-0.3, -0.25) is 0 Å². The van der Waals surface area contributed by atoms with Crippen molar-refractivity contribution in [2.24, 2.45) is 0 Å². The standard InChI is InChI=1S/C9H18F3NO/c1-2-14-8-4-7-13-6-3-5-9(10,11)12/h13H,2-8H2,1H3. The van der Waals surface area contributed by atoms with Gasteiger partial charge in [0.05, 0.1) is 0 Å². The van der Waals surface area contributed by atoms with Gasteiger partial charge in [-0.05, 0) is 32.9 Å². The van der Waals surface area contributed by atoms with Gasteiger partial charge in [0.2, 0.25) is 0 Å². The molecule has 1 N–H and O–H groups in total. The molecule has 0 aromatic rings. The fraction of sp³-hybridized carbons (Fsp3) is 1.00. The Morgan fingerprint density at radius 2 is 1.79 bits per heavy atom. The van der Waals surface area contributed by atoms with Gasteiger partial charge in [-0.25, -0.2) is 0 Å². The molecule has 14 heavy (non-hydrogen) atoms. The number of rotatable bonds is 8. The fourth-order valence-electron chi connectivity index (χ4n) is 0.982. The Hall–Kier alpha value is -0.290. The number of ether oxygens (including phenoxy) is 1. The van der Waals surface area contributed by atoms with E-state index in [4.69, 9.17) is 4.74 Å². The lowest BCUT2D eigenvalue weighted by molar-refractivity contribution is -0.135. The number of hydrogen-bond donors (Lipinski definition) is 1. The molecule has 0 rings (SSSR count). The molecule has 0 aliphatic carbocycles. The number of nitrogens with one attached hydrogen (secondary N) is 1. The van der Waals surface area contributed by atoms with Crippen molar-refractivity contribution in [3.63, 3.8) is 0 Å². The van der Waals surface area contributed by atoms with Crippen molar-refractivity contribution < 1.29 is 17.9 Å². The highest BCUT2D eigenvalue weighted by Gasteiger charge is 2.25. The summed E-state index contributed by atoms with van der Waals surface area (Å²) in [5.41, 5.74) is 0. The summed E-state index contributed by atoms with van der Waals surface area (Å²) in [6.07, 6.45) is -3.73. The lowest BCUT2D eigenvalue weighted by Crippen LogP contribution is -2.20. The summed E-state index contributed by atoms with van der Waals surface area (Å²) in [6.45, 7) is 4.41. The third-order valence-electron chi connectivity index (χ3n) is 1.66. The van der Waals surface area contributed by atoms with E-state index in [-0.39, 0.29) is 6.42 Å². The van der Waals surface area contributed by atoms with Crippen LogP contribution in [0.3, 0.4) is 0 Å². The lowest BCUT2D eigenvalue weighted by Gasteiger charge is -2.07. The molecule has 0 saturated carbocycles. The van der Waals surface area contributed by atoms with Crippen LogP contribution in [0.1, 0.15) is 26.2 Å². The lowest BCUT2D eigenvalue weighted by atomic mass is 10.3. The fourth-order valence-corrected chi connectivity index (χ4v) is 0.982. The normalized spacial score (nSPS) is 12.0. The Kier molecular flexibility index (Phi) is 7.89. The molecule has 0 amide bonds. The van der Waals surface area contributed by atoms with Crippen LogP contribution in [0, 0.1) is 0 Å². The maximum atomic E-state index is 11.7. The second-order valence-corrected chi connectivity index (χ2v) is 3.02. The molecular formula is C9H18F3NO. The zero-order chi connectivity index (χ0) is 10.9. The van der Waals surface area contributed by atoms with E-state index in [0.29, 0.717) is 19.8 Å². The van der Waals surface area contributed by atoms with Crippen molar-refractivity contribution >= 4 is 0 Å². The molecule has 0 atom stereocenters. The first kappa shape index (κ1) is 13.7. The van der Waals surface area contributed by atoms with Gasteiger partial charge in [-0.1, -0.05) is 0 Å². The van der Waals surface area contributed by atoms with Crippen molar-refractivity contribution in [2.75, 3.05) is 26.3 Å². The van der Waals surface area contributed by atoms with E-state index in [1.54, 1.807) is 0 Å². The first-order valence-electron chi connectivity index (χ1n) is 4.91. The third-order valence-corrected chi connectivity index (χ3v) is 1.66. The summed E-state index contributed by atoms with van der Waals surface area (Å²) in [4.78, 5) is 0. The highest BCUT2D eigenvalue weighted by atomic mass is 19.4. The molecule has 0 heterocycles. The quantitative estimate of drug-likeness (QED) is 0.625. The monoisotopic (exact) mass is 213 g/mol. The van der Waals surface area contributed by atoms with Gasteiger partial charge in [0, 0.05) is 19.6 Å². The van der Waals surface area contributed by atoms with E-state index >= 15 is 0 Å². The van der Waals surface area contributed by atoms with Gasteiger partial charge in [-0.2, -0.15) is 13.2 Å². The van der Waals surface area contributed by atoms with Crippen LogP contribution in [0.4, 0.5) is 13.2 Å². The average molecular weight is 213 g/mol. The molecular weight excluding hydrogens is 195 g/mol. The first-order valence-corrected chi connectivity index (χ1v) is 4.91. The van der Waals surface area contributed by atoms with Crippen LogP contribution in [0.5, 0.6) is 0 Å². The van der Waals surface area contributed by atoms with E-state index in [2.05, 4.69) is 5.32 Å². The molecule has 0 aliphatic heterocycles. The highest BCUT2D eigenvalue weighted by Crippen LogP contribution is 2.20. The summed E-state index contributed by atoms with van der Waals surface area (Å²) in [5.74, 6) is 0. The average Bonchev–Trinajstić information content (AvgIpc) is 2.08. The summed E-state index contributed by atoms with van der Waals surface area (Å²) in [6, 6.07) is 0. The predicted molar refractivity (Wildman–Crippen MR) is 49.3 cm³/mol. The van der Waals surface area contributed by atoms with Crippen LogP contribution in [0.15, 0.2) is 0 Å². The Balaban J connectivity index is 2.99. The van der Waals surface area contributed by atoms with Crippen molar-refractivity contribution in [1.82, 2.24) is 5.32 Å². The molecule has 0 aromatic carbocycles. The Morgan fingerprint density at radius 3 is 2.36 bits per heavy atom. The van der Waals surface area contributed by atoms with E-state index < -0.39 is 12.6 Å². The van der Waals surface area contributed by atoms with Crippen LogP contribution in [0.2, 0.25) is 0 Å². The largest absolute Gasteiger partial charge is 0.389 e. The van der Waals surface area contributed by atoms with E-state index in [0.717, 1.165) is 13.0 Å². The summed E-state index contributed by atoms with van der Waals surface area (Å²) < 4.78 is 40.1. The number of hydrogen-bond acceptors (Lipinski definition) is 2. The molecule has 0 spiro atoms. The van der Waals surface area contributed by atoms with Gasteiger partial charge >= 0.3 is 6.18 Å². The van der Waals surface area contributed by atoms with Gasteiger partial charge in [-0.15, -0.1) is 0 Å². The second kappa shape index (κ2) is 8.05. The first-order chi connectivity index (χ1) is 6.56. The third kappa shape index (κ3) is 11.7. The Morgan fingerprint density at radius 1 is 1.14 bits per heavy atom. The van der Waals surface area contributed by atoms with E-state index in [1.165, 1.54) is 0 Å². The van der Waals surface area contributed by atoms with Crippen molar-refractivity contribution in [1.29, 1.82) is 0 Å². The maximum absolute atomic E-state index is 11.7. The van der Waals surface area contributed by atoms with E-state index in [9.17, 15) is 13.2 Å². The molecule has 0 aliphatic rings. The minimum atomic E-state index is -4.02. The zero-order valence-corrected chi connectivity index (χ0v) is 8.49. The minimum absolute atomic E-state index is 0.151. The molecule has 0 saturated heterocycles. The highest BCUT2D eigenvalue weighted by molar-refractivity contribution is 4.53. The van der Waals surface area contributed by atoms with Crippen LogP contribution < -0.4 is 5.32 Å². The number of halogens is 3. The molecule has 0 fully saturated rings. The van der Waals surface area contributed by atoms with Crippen molar-refractivity contribution in [3.8, 4) is 0 Å². The number of alkyl halides is 3. The van der Waals surface area contributed by atoms with Gasteiger partial charge < -0.3 is 10.1 Å². The topological polar surface area (TPSA) is 21.3 Å². The van der Waals surface area contributed by atoms with Crippen molar-refractivity contribution in [2.45, 2.75) is 32.4 Å². The Labute approximate surface area is 82.8 Å². The molecule has 0 radical (unpaired) electrons. The summed E-state index contributed by atoms with van der Waals surface area (Å²) >= 11 is 0. The maximum Gasteiger partial charge on any atom is 0.389 e. The molecule has 0 bridgehead atoms. The van der Waals surface area contributed by atoms with Crippen LogP contribution in [-0.2, 0) is 4.74 Å². The van der Waals surface area contributed by atoms with E-state index in [1.807, 2.05) is 6.92 Å². The zero-order valence-electron chi connectivity index (χ0n) is 8.49. The minimum Gasteiger partial charge on any atom is -0.382 e. The molecule has 86 valence electrons. The smallest absolute Gasteiger partial charge is 0.382 e. The molecule has 0 unspecified atom stereocenters. The molecule has 2 nitrogen and oxygen atoms in total. The predicted octanol–water partition coefficient (Wildman–Crippen LogP) is 2.35. The molecule has 5 heteroatoms. The summed E-state index contributed by atoms with van der Waals surface area (Å²) in [5, 5.41) is 2.94. The van der Waals surface area contributed by atoms with Gasteiger partial charge in [0.25, 0.3) is 0 Å². The van der Waals surface area contributed by atoms with Gasteiger partial charge in [0.15, 0.2) is 0 Å². The van der Waals surface area contributed by atoms with Gasteiger partial charge in [0.1, 0.15) is 0 Å². The molecule has 0 aromatic heterocycles. The second-order valence-electron chi connectivity index (χ2n) is 3.02.